The van der Waals surface area contributed by atoms with E-state index in [1.54, 1.807) is 0 Å². The molecular formula is C11H11N3O2. The fourth-order valence-corrected chi connectivity index (χ4v) is 2.06. The van der Waals surface area contributed by atoms with Crippen LogP contribution in [0.4, 0.5) is 0 Å². The molecule has 1 saturated carbocycles. The Balaban J connectivity index is 2.09. The van der Waals surface area contributed by atoms with Crippen LogP contribution < -0.4 is 11.3 Å². The Kier molecular flexibility index (Phi) is 1.79. The van der Waals surface area contributed by atoms with Gasteiger partial charge in [0, 0.05) is 0 Å². The molecule has 1 heterocycles. The van der Waals surface area contributed by atoms with E-state index in [0.717, 1.165) is 23.9 Å². The minimum atomic E-state index is -0.449. The van der Waals surface area contributed by atoms with Crippen molar-refractivity contribution in [3.63, 3.8) is 0 Å². The van der Waals surface area contributed by atoms with Crippen molar-refractivity contribution in [3.05, 3.63) is 30.2 Å². The first-order chi connectivity index (χ1) is 7.76. The van der Waals surface area contributed by atoms with E-state index >= 15 is 0 Å². The molecule has 1 amide bonds. The second kappa shape index (κ2) is 3.05. The summed E-state index contributed by atoms with van der Waals surface area (Å²) in [5.41, 5.74) is 4.22. The van der Waals surface area contributed by atoms with Crippen LogP contribution in [0.5, 0.6) is 0 Å². The lowest BCUT2D eigenvalue weighted by atomic mass is 9.95. The summed E-state index contributed by atoms with van der Waals surface area (Å²) in [5, 5.41) is 0. The van der Waals surface area contributed by atoms with Gasteiger partial charge in [-0.1, -0.05) is 6.07 Å². The van der Waals surface area contributed by atoms with Crippen LogP contribution in [0, 0.1) is 0 Å². The summed E-state index contributed by atoms with van der Waals surface area (Å²) in [5.74, 6) is 5.06. The molecule has 1 fully saturated rings. The second-order valence-electron chi connectivity index (χ2n) is 4.09. The van der Waals surface area contributed by atoms with Crippen LogP contribution in [0.1, 0.15) is 18.4 Å². The van der Waals surface area contributed by atoms with E-state index in [4.69, 9.17) is 10.3 Å². The maximum atomic E-state index is 11.7. The minimum absolute atomic E-state index is 0.133. The van der Waals surface area contributed by atoms with Gasteiger partial charge in [-0.3, -0.25) is 10.2 Å². The number of carbonyl (C=O) groups is 1. The third kappa shape index (κ3) is 1.15. The van der Waals surface area contributed by atoms with Crippen LogP contribution in [-0.4, -0.2) is 10.9 Å². The number of nitrogens with two attached hydrogens (primary N) is 1. The average Bonchev–Trinajstić information content (AvgIpc) is 3.00. The van der Waals surface area contributed by atoms with Crippen molar-refractivity contribution in [3.8, 4) is 0 Å². The summed E-state index contributed by atoms with van der Waals surface area (Å²) in [6.45, 7) is 0. The quantitative estimate of drug-likeness (QED) is 0.444. The molecule has 1 aromatic heterocycles. The van der Waals surface area contributed by atoms with Crippen LogP contribution in [0.2, 0.25) is 0 Å². The molecule has 0 bridgehead atoms. The summed E-state index contributed by atoms with van der Waals surface area (Å²) in [7, 11) is 0. The number of aromatic nitrogens is 1. The van der Waals surface area contributed by atoms with Crippen molar-refractivity contribution >= 4 is 17.0 Å². The van der Waals surface area contributed by atoms with Gasteiger partial charge < -0.3 is 4.42 Å². The summed E-state index contributed by atoms with van der Waals surface area (Å²) >= 11 is 0. The van der Waals surface area contributed by atoms with E-state index in [9.17, 15) is 4.79 Å². The average molecular weight is 217 g/mol. The molecule has 1 aliphatic rings. The first-order valence-corrected chi connectivity index (χ1v) is 5.11. The van der Waals surface area contributed by atoms with E-state index in [1.165, 1.54) is 6.39 Å². The number of amides is 1. The summed E-state index contributed by atoms with van der Waals surface area (Å²) in [6.07, 6.45) is 3.06. The highest BCUT2D eigenvalue weighted by molar-refractivity contribution is 5.91. The topological polar surface area (TPSA) is 81.1 Å². The number of hydrogen-bond donors (Lipinski definition) is 2. The van der Waals surface area contributed by atoms with Gasteiger partial charge in [-0.2, -0.15) is 0 Å². The Hall–Kier alpha value is -1.88. The van der Waals surface area contributed by atoms with Crippen LogP contribution in [0.15, 0.2) is 29.0 Å². The SMILES string of the molecule is NNC(=O)C1(c2ccc3ncoc3c2)CC1. The fraction of sp³-hybridized carbons (Fsp3) is 0.273. The number of nitrogens with one attached hydrogen (secondary N) is 1. The molecule has 16 heavy (non-hydrogen) atoms. The third-order valence-electron chi connectivity index (χ3n) is 3.20. The van der Waals surface area contributed by atoms with E-state index < -0.39 is 5.41 Å². The minimum Gasteiger partial charge on any atom is -0.443 e. The third-order valence-corrected chi connectivity index (χ3v) is 3.20. The first kappa shape index (κ1) is 9.35. The lowest BCUT2D eigenvalue weighted by molar-refractivity contribution is -0.123. The number of hydrogen-bond acceptors (Lipinski definition) is 4. The number of benzene rings is 1. The van der Waals surface area contributed by atoms with Gasteiger partial charge in [-0.05, 0) is 30.5 Å². The first-order valence-electron chi connectivity index (χ1n) is 5.11. The zero-order valence-corrected chi connectivity index (χ0v) is 8.56. The predicted molar refractivity (Wildman–Crippen MR) is 57.3 cm³/mol. The Morgan fingerprint density at radius 1 is 1.50 bits per heavy atom. The van der Waals surface area contributed by atoms with Gasteiger partial charge in [0.1, 0.15) is 5.52 Å². The number of nitrogens with zero attached hydrogens (tertiary/aromatic N) is 1. The number of carbonyl (C=O) groups excluding carboxylic acids is 1. The van der Waals surface area contributed by atoms with Crippen molar-refractivity contribution in [1.29, 1.82) is 0 Å². The Labute approximate surface area is 91.6 Å². The highest BCUT2D eigenvalue weighted by Gasteiger charge is 2.51. The van der Waals surface area contributed by atoms with Gasteiger partial charge in [-0.25, -0.2) is 10.8 Å². The van der Waals surface area contributed by atoms with Gasteiger partial charge in [-0.15, -0.1) is 0 Å². The van der Waals surface area contributed by atoms with Crippen molar-refractivity contribution in [1.82, 2.24) is 10.4 Å². The normalized spacial score (nSPS) is 17.3. The smallest absolute Gasteiger partial charge is 0.244 e. The lowest BCUT2D eigenvalue weighted by Crippen LogP contribution is -2.39. The Morgan fingerprint density at radius 3 is 3.00 bits per heavy atom. The molecule has 82 valence electrons. The van der Waals surface area contributed by atoms with Gasteiger partial charge >= 0.3 is 0 Å². The fourth-order valence-electron chi connectivity index (χ4n) is 2.06. The van der Waals surface area contributed by atoms with E-state index in [0.29, 0.717) is 5.58 Å². The zero-order chi connectivity index (χ0) is 11.2. The molecule has 0 unspecified atom stereocenters. The Bertz CT molecular complexity index is 557. The number of rotatable bonds is 2. The molecule has 2 aromatic rings. The molecule has 3 rings (SSSR count). The monoisotopic (exact) mass is 217 g/mol. The van der Waals surface area contributed by atoms with Gasteiger partial charge in [0.15, 0.2) is 12.0 Å². The molecule has 0 aliphatic heterocycles. The largest absolute Gasteiger partial charge is 0.443 e. The van der Waals surface area contributed by atoms with Gasteiger partial charge in [0.25, 0.3) is 0 Å². The second-order valence-corrected chi connectivity index (χ2v) is 4.09. The number of oxazole rings is 1. The molecule has 1 aromatic carbocycles. The van der Waals surface area contributed by atoms with Crippen molar-refractivity contribution in [2.45, 2.75) is 18.3 Å². The van der Waals surface area contributed by atoms with E-state index in [-0.39, 0.29) is 5.91 Å². The molecule has 5 heteroatoms. The van der Waals surface area contributed by atoms with Gasteiger partial charge in [0.05, 0.1) is 5.41 Å². The van der Waals surface area contributed by atoms with Gasteiger partial charge in [0.2, 0.25) is 5.91 Å². The summed E-state index contributed by atoms with van der Waals surface area (Å²) < 4.78 is 5.22. The van der Waals surface area contributed by atoms with Crippen molar-refractivity contribution < 1.29 is 9.21 Å². The van der Waals surface area contributed by atoms with Crippen LogP contribution in [-0.2, 0) is 10.2 Å². The predicted octanol–water partition coefficient (Wildman–Crippen LogP) is 0.849. The number of fused-ring (bicyclic) bond motifs is 1. The number of hydrazine groups is 1. The highest BCUT2D eigenvalue weighted by atomic mass is 16.3. The Morgan fingerprint density at radius 2 is 2.31 bits per heavy atom. The molecule has 1 aliphatic carbocycles. The molecule has 0 saturated heterocycles. The van der Waals surface area contributed by atoms with Crippen molar-refractivity contribution in [2.75, 3.05) is 0 Å². The van der Waals surface area contributed by atoms with Crippen LogP contribution in [0.3, 0.4) is 0 Å². The molecular weight excluding hydrogens is 206 g/mol. The molecule has 3 N–H and O–H groups in total. The van der Waals surface area contributed by atoms with Crippen LogP contribution in [0.25, 0.3) is 11.1 Å². The zero-order valence-electron chi connectivity index (χ0n) is 8.56. The highest BCUT2D eigenvalue weighted by Crippen LogP contribution is 2.48. The van der Waals surface area contributed by atoms with E-state index in [2.05, 4.69) is 10.4 Å². The lowest BCUT2D eigenvalue weighted by Gasteiger charge is -2.12. The molecule has 0 spiro atoms. The van der Waals surface area contributed by atoms with Crippen molar-refractivity contribution in [2.24, 2.45) is 5.84 Å². The van der Waals surface area contributed by atoms with E-state index in [1.807, 2.05) is 18.2 Å². The summed E-state index contributed by atoms with van der Waals surface area (Å²) in [4.78, 5) is 15.7. The molecule has 0 atom stereocenters. The maximum absolute atomic E-state index is 11.7. The standard InChI is InChI=1S/C11H11N3O2/c12-14-10(15)11(3-4-11)7-1-2-8-9(5-7)16-6-13-8/h1-2,5-6H,3-4,12H2,(H,14,15). The summed E-state index contributed by atoms with van der Waals surface area (Å²) in [6, 6.07) is 5.63. The van der Waals surface area contributed by atoms with Crippen LogP contribution >= 0.6 is 0 Å². The molecule has 5 nitrogen and oxygen atoms in total. The molecule has 0 radical (unpaired) electrons. The maximum Gasteiger partial charge on any atom is 0.244 e.